The van der Waals surface area contributed by atoms with Crippen molar-refractivity contribution < 1.29 is 4.74 Å². The van der Waals surface area contributed by atoms with Gasteiger partial charge < -0.3 is 10.5 Å². The van der Waals surface area contributed by atoms with Gasteiger partial charge in [-0.3, -0.25) is 0 Å². The second-order valence-corrected chi connectivity index (χ2v) is 3.92. The van der Waals surface area contributed by atoms with E-state index in [0.29, 0.717) is 17.9 Å². The third-order valence-electron chi connectivity index (χ3n) is 1.84. The van der Waals surface area contributed by atoms with Gasteiger partial charge in [0.1, 0.15) is 11.8 Å². The number of anilines is 1. The highest BCUT2D eigenvalue weighted by Gasteiger charge is 2.13. The molecule has 0 atom stereocenters. The van der Waals surface area contributed by atoms with Crippen LogP contribution in [0.5, 0.6) is 5.75 Å². The monoisotopic (exact) mass is 302 g/mol. The van der Waals surface area contributed by atoms with Gasteiger partial charge in [0.15, 0.2) is 0 Å². The molecule has 0 spiro atoms. The van der Waals surface area contributed by atoms with Crippen LogP contribution in [0.15, 0.2) is 6.07 Å². The van der Waals surface area contributed by atoms with Gasteiger partial charge in [-0.25, -0.2) is 0 Å². The average Bonchev–Trinajstić information content (AvgIpc) is 2.12. The minimum absolute atomic E-state index is 0.500. The van der Waals surface area contributed by atoms with Gasteiger partial charge in [0.25, 0.3) is 0 Å². The molecule has 0 saturated heterocycles. The highest BCUT2D eigenvalue weighted by atomic mass is 127. The first-order valence-electron chi connectivity index (χ1n) is 4.23. The van der Waals surface area contributed by atoms with Gasteiger partial charge in [0.2, 0.25) is 0 Å². The molecule has 0 amide bonds. The number of ether oxygens (including phenoxy) is 1. The first-order chi connectivity index (χ1) is 6.61. The van der Waals surface area contributed by atoms with Gasteiger partial charge in [-0.05, 0) is 48.1 Å². The predicted octanol–water partition coefficient (Wildman–Crippen LogP) is 2.45. The minimum Gasteiger partial charge on any atom is -0.492 e. The van der Waals surface area contributed by atoms with Crippen molar-refractivity contribution in [2.24, 2.45) is 0 Å². The molecule has 3 nitrogen and oxygen atoms in total. The largest absolute Gasteiger partial charge is 0.492 e. The lowest BCUT2D eigenvalue weighted by Crippen LogP contribution is -2.01. The van der Waals surface area contributed by atoms with Crippen LogP contribution >= 0.6 is 22.6 Å². The Hall–Kier alpha value is -0.960. The van der Waals surface area contributed by atoms with Crippen molar-refractivity contribution in [2.75, 3.05) is 12.3 Å². The number of nitriles is 1. The molecule has 0 bridgehead atoms. The quantitative estimate of drug-likeness (QED) is 0.674. The minimum atomic E-state index is 0.500. The summed E-state index contributed by atoms with van der Waals surface area (Å²) < 4.78 is 6.25. The highest BCUT2D eigenvalue weighted by Crippen LogP contribution is 2.32. The van der Waals surface area contributed by atoms with E-state index in [-0.39, 0.29) is 0 Å². The molecule has 0 heterocycles. The molecule has 1 rings (SSSR count). The number of halogens is 1. The van der Waals surface area contributed by atoms with Gasteiger partial charge in [0, 0.05) is 0 Å². The maximum Gasteiger partial charge on any atom is 0.136 e. The summed E-state index contributed by atoms with van der Waals surface area (Å²) in [6.45, 7) is 4.42. The number of aryl methyl sites for hydroxylation is 1. The zero-order chi connectivity index (χ0) is 10.7. The first kappa shape index (κ1) is 11.1. The van der Waals surface area contributed by atoms with E-state index in [0.717, 1.165) is 14.9 Å². The van der Waals surface area contributed by atoms with Gasteiger partial charge in [0.05, 0.1) is 21.4 Å². The van der Waals surface area contributed by atoms with E-state index in [1.165, 1.54) is 0 Å². The van der Waals surface area contributed by atoms with E-state index in [2.05, 4.69) is 28.7 Å². The molecule has 0 aromatic heterocycles. The number of rotatable bonds is 2. The average molecular weight is 302 g/mol. The molecule has 0 aliphatic carbocycles. The summed E-state index contributed by atoms with van der Waals surface area (Å²) in [6, 6.07) is 3.85. The second kappa shape index (κ2) is 4.51. The summed E-state index contributed by atoms with van der Waals surface area (Å²) >= 11 is 2.09. The third-order valence-corrected chi connectivity index (χ3v) is 2.87. The fourth-order valence-electron chi connectivity index (χ4n) is 1.22. The summed E-state index contributed by atoms with van der Waals surface area (Å²) in [5.74, 6) is 0.763. The van der Waals surface area contributed by atoms with Gasteiger partial charge in [-0.2, -0.15) is 5.26 Å². The maximum absolute atomic E-state index is 8.89. The van der Waals surface area contributed by atoms with Crippen LogP contribution in [0.25, 0.3) is 0 Å². The lowest BCUT2D eigenvalue weighted by Gasteiger charge is -2.11. The van der Waals surface area contributed by atoms with E-state index in [1.807, 2.05) is 13.8 Å². The Morgan fingerprint density at radius 2 is 2.29 bits per heavy atom. The summed E-state index contributed by atoms with van der Waals surface area (Å²) in [7, 11) is 0. The molecule has 14 heavy (non-hydrogen) atoms. The molecule has 2 N–H and O–H groups in total. The molecular weight excluding hydrogens is 291 g/mol. The van der Waals surface area contributed by atoms with Gasteiger partial charge >= 0.3 is 0 Å². The molecule has 1 aromatic carbocycles. The standard InChI is InChI=1S/C10H11IN2O/c1-3-14-10-6(2)4-8(13)7(5-12)9(10)11/h4H,3,13H2,1-2H3. The second-order valence-electron chi connectivity index (χ2n) is 2.85. The first-order valence-corrected chi connectivity index (χ1v) is 5.31. The van der Waals surface area contributed by atoms with Crippen molar-refractivity contribution in [1.82, 2.24) is 0 Å². The van der Waals surface area contributed by atoms with Crippen LogP contribution in [-0.2, 0) is 0 Å². The lowest BCUT2D eigenvalue weighted by atomic mass is 10.1. The number of hydrogen-bond acceptors (Lipinski definition) is 3. The Bertz CT molecular complexity index is 396. The van der Waals surface area contributed by atoms with Crippen molar-refractivity contribution in [1.29, 1.82) is 5.26 Å². The molecule has 1 aromatic rings. The van der Waals surface area contributed by atoms with Crippen molar-refractivity contribution in [3.63, 3.8) is 0 Å². The van der Waals surface area contributed by atoms with Crippen LogP contribution in [0.4, 0.5) is 5.69 Å². The van der Waals surface area contributed by atoms with Crippen molar-refractivity contribution >= 4 is 28.3 Å². The van der Waals surface area contributed by atoms with E-state index < -0.39 is 0 Å². The SMILES string of the molecule is CCOc1c(C)cc(N)c(C#N)c1I. The zero-order valence-electron chi connectivity index (χ0n) is 8.10. The van der Waals surface area contributed by atoms with Crippen LogP contribution in [0.3, 0.4) is 0 Å². The molecule has 0 radical (unpaired) electrons. The Balaban J connectivity index is 3.38. The topological polar surface area (TPSA) is 59.0 Å². The summed E-state index contributed by atoms with van der Waals surface area (Å²) in [5, 5.41) is 8.89. The maximum atomic E-state index is 8.89. The van der Waals surface area contributed by atoms with Crippen molar-refractivity contribution in [3.8, 4) is 11.8 Å². The number of benzene rings is 1. The zero-order valence-corrected chi connectivity index (χ0v) is 10.3. The van der Waals surface area contributed by atoms with Crippen LogP contribution < -0.4 is 10.5 Å². The smallest absolute Gasteiger partial charge is 0.136 e. The molecule has 74 valence electrons. The van der Waals surface area contributed by atoms with Crippen LogP contribution in [-0.4, -0.2) is 6.61 Å². The molecule has 0 aliphatic rings. The molecule has 0 fully saturated rings. The Morgan fingerprint density at radius 3 is 2.79 bits per heavy atom. The molecule has 4 heteroatoms. The molecule has 0 saturated carbocycles. The Morgan fingerprint density at radius 1 is 1.64 bits per heavy atom. The number of nitrogen functional groups attached to an aromatic ring is 1. The Labute approximate surface area is 97.0 Å². The fourth-order valence-corrected chi connectivity index (χ4v) is 2.23. The highest BCUT2D eigenvalue weighted by molar-refractivity contribution is 14.1. The third kappa shape index (κ3) is 1.93. The van der Waals surface area contributed by atoms with Crippen LogP contribution in [0.1, 0.15) is 18.1 Å². The number of hydrogen-bond donors (Lipinski definition) is 1. The summed E-state index contributed by atoms with van der Waals surface area (Å²) in [5.41, 5.74) is 7.69. The summed E-state index contributed by atoms with van der Waals surface area (Å²) in [6.07, 6.45) is 0. The normalized spacial score (nSPS) is 9.57. The molecular formula is C10H11IN2O. The van der Waals surface area contributed by atoms with Crippen molar-refractivity contribution in [3.05, 3.63) is 20.8 Å². The molecule has 0 aliphatic heterocycles. The predicted molar refractivity (Wildman–Crippen MR) is 64.2 cm³/mol. The van der Waals surface area contributed by atoms with E-state index >= 15 is 0 Å². The fraction of sp³-hybridized carbons (Fsp3) is 0.300. The Kier molecular flexibility index (Phi) is 3.58. The van der Waals surface area contributed by atoms with E-state index in [9.17, 15) is 0 Å². The van der Waals surface area contributed by atoms with E-state index in [4.69, 9.17) is 15.7 Å². The summed E-state index contributed by atoms with van der Waals surface area (Å²) in [4.78, 5) is 0. The molecule has 0 unspecified atom stereocenters. The van der Waals surface area contributed by atoms with Crippen LogP contribution in [0.2, 0.25) is 0 Å². The van der Waals surface area contributed by atoms with E-state index in [1.54, 1.807) is 6.07 Å². The lowest BCUT2D eigenvalue weighted by molar-refractivity contribution is 0.335. The van der Waals surface area contributed by atoms with Gasteiger partial charge in [-0.15, -0.1) is 0 Å². The van der Waals surface area contributed by atoms with Crippen LogP contribution in [0, 0.1) is 21.8 Å². The van der Waals surface area contributed by atoms with Crippen molar-refractivity contribution in [2.45, 2.75) is 13.8 Å². The van der Waals surface area contributed by atoms with Gasteiger partial charge in [-0.1, -0.05) is 0 Å². The number of nitrogens with zero attached hydrogens (tertiary/aromatic N) is 1. The number of nitrogens with two attached hydrogens (primary N) is 1.